The van der Waals surface area contributed by atoms with Gasteiger partial charge in [-0.1, -0.05) is 13.0 Å². The normalized spacial score (nSPS) is 26.4. The highest BCUT2D eigenvalue weighted by Crippen LogP contribution is 2.29. The van der Waals surface area contributed by atoms with Crippen molar-refractivity contribution >= 4 is 17.7 Å². The van der Waals surface area contributed by atoms with E-state index in [9.17, 15) is 4.79 Å². The largest absolute Gasteiger partial charge is 0.352 e. The number of rotatable bonds is 6. The third-order valence-corrected chi connectivity index (χ3v) is 4.12. The molecule has 1 fully saturated rings. The molecule has 16 heavy (non-hydrogen) atoms. The quantitative estimate of drug-likeness (QED) is 0.697. The van der Waals surface area contributed by atoms with Gasteiger partial charge in [-0.15, -0.1) is 6.58 Å². The highest BCUT2D eigenvalue weighted by atomic mass is 32.2. The van der Waals surface area contributed by atoms with E-state index >= 15 is 0 Å². The van der Waals surface area contributed by atoms with Gasteiger partial charge in [-0.25, -0.2) is 0 Å². The summed E-state index contributed by atoms with van der Waals surface area (Å²) in [7, 11) is 0. The molecule has 0 aromatic carbocycles. The second-order valence-corrected chi connectivity index (χ2v) is 5.80. The maximum atomic E-state index is 11.7. The Labute approximate surface area is 102 Å². The Bertz CT molecular complexity index is 245. The Kier molecular flexibility index (Phi) is 5.91. The van der Waals surface area contributed by atoms with Crippen molar-refractivity contribution in [2.45, 2.75) is 49.9 Å². The van der Waals surface area contributed by atoms with E-state index in [1.54, 1.807) is 6.08 Å². The summed E-state index contributed by atoms with van der Waals surface area (Å²) in [5, 5.41) is 3.74. The topological polar surface area (TPSA) is 55.1 Å². The number of carbonyl (C=O) groups excluding carboxylic acids is 1. The molecule has 3 atom stereocenters. The van der Waals surface area contributed by atoms with Crippen LogP contribution in [0.15, 0.2) is 12.7 Å². The van der Waals surface area contributed by atoms with Crippen molar-refractivity contribution < 1.29 is 4.79 Å². The van der Waals surface area contributed by atoms with E-state index < -0.39 is 6.04 Å². The number of amides is 1. The molecule has 1 aliphatic rings. The molecular formula is C12H22N2OS. The van der Waals surface area contributed by atoms with Crippen LogP contribution in [0, 0.1) is 0 Å². The van der Waals surface area contributed by atoms with Crippen molar-refractivity contribution in [3.63, 3.8) is 0 Å². The van der Waals surface area contributed by atoms with Crippen LogP contribution >= 0.6 is 11.8 Å². The molecule has 4 heteroatoms. The lowest BCUT2D eigenvalue weighted by Crippen LogP contribution is -2.44. The van der Waals surface area contributed by atoms with Crippen molar-refractivity contribution in [1.29, 1.82) is 0 Å². The van der Waals surface area contributed by atoms with Crippen LogP contribution in [0.25, 0.3) is 0 Å². The van der Waals surface area contributed by atoms with E-state index in [1.807, 2.05) is 11.8 Å². The Balaban J connectivity index is 2.28. The van der Waals surface area contributed by atoms with Crippen molar-refractivity contribution in [1.82, 2.24) is 5.32 Å². The average molecular weight is 242 g/mol. The van der Waals surface area contributed by atoms with Crippen molar-refractivity contribution in [3.05, 3.63) is 12.7 Å². The first-order chi connectivity index (χ1) is 7.67. The molecular weight excluding hydrogens is 220 g/mol. The van der Waals surface area contributed by atoms with Crippen molar-refractivity contribution in [2.24, 2.45) is 5.73 Å². The zero-order chi connectivity index (χ0) is 12.0. The van der Waals surface area contributed by atoms with Gasteiger partial charge in [-0.3, -0.25) is 4.79 Å². The smallest absolute Gasteiger partial charge is 0.237 e. The van der Waals surface area contributed by atoms with Crippen LogP contribution in [-0.4, -0.2) is 29.0 Å². The second-order valence-electron chi connectivity index (χ2n) is 4.23. The number of hydrogen-bond acceptors (Lipinski definition) is 3. The van der Waals surface area contributed by atoms with Crippen molar-refractivity contribution in [2.75, 3.05) is 5.75 Å². The van der Waals surface area contributed by atoms with Crippen LogP contribution in [0.3, 0.4) is 0 Å². The van der Waals surface area contributed by atoms with Gasteiger partial charge in [0.15, 0.2) is 0 Å². The minimum absolute atomic E-state index is 0.0351. The maximum absolute atomic E-state index is 11.7. The van der Waals surface area contributed by atoms with Crippen LogP contribution in [0.4, 0.5) is 0 Å². The zero-order valence-electron chi connectivity index (χ0n) is 9.95. The van der Waals surface area contributed by atoms with E-state index in [4.69, 9.17) is 5.73 Å². The molecule has 1 saturated carbocycles. The number of nitrogens with one attached hydrogen (secondary N) is 1. The summed E-state index contributed by atoms with van der Waals surface area (Å²) in [6.45, 7) is 5.77. The molecule has 0 radical (unpaired) electrons. The van der Waals surface area contributed by atoms with Crippen LogP contribution in [0.1, 0.15) is 32.6 Å². The molecule has 1 aliphatic carbocycles. The van der Waals surface area contributed by atoms with E-state index in [-0.39, 0.29) is 5.91 Å². The monoisotopic (exact) mass is 242 g/mol. The molecule has 3 unspecified atom stereocenters. The van der Waals surface area contributed by atoms with Gasteiger partial charge in [-0.05, 0) is 31.4 Å². The standard InChI is InChI=1S/C12H22N2OS/c1-3-5-11(13)12(15)14-9-6-7-10(8-9)16-4-2/h3,9-11H,1,4-8,13H2,2H3,(H,14,15). The Morgan fingerprint density at radius 2 is 2.44 bits per heavy atom. The molecule has 0 aromatic heterocycles. The number of carbonyl (C=O) groups is 1. The molecule has 1 amide bonds. The van der Waals surface area contributed by atoms with Crippen LogP contribution in [-0.2, 0) is 4.79 Å². The molecule has 0 heterocycles. The van der Waals surface area contributed by atoms with E-state index in [1.165, 1.54) is 6.42 Å². The number of hydrogen-bond donors (Lipinski definition) is 2. The highest BCUT2D eigenvalue weighted by Gasteiger charge is 2.26. The highest BCUT2D eigenvalue weighted by molar-refractivity contribution is 7.99. The van der Waals surface area contributed by atoms with Gasteiger partial charge in [0.2, 0.25) is 5.91 Å². The van der Waals surface area contributed by atoms with E-state index in [2.05, 4.69) is 18.8 Å². The van der Waals surface area contributed by atoms with Crippen molar-refractivity contribution in [3.8, 4) is 0 Å². The third kappa shape index (κ3) is 4.18. The lowest BCUT2D eigenvalue weighted by molar-refractivity contribution is -0.122. The number of thioether (sulfide) groups is 1. The third-order valence-electron chi connectivity index (χ3n) is 2.89. The lowest BCUT2D eigenvalue weighted by atomic mass is 10.2. The summed E-state index contributed by atoms with van der Waals surface area (Å²) in [6.07, 6.45) is 5.62. The molecule has 0 aromatic rings. The van der Waals surface area contributed by atoms with E-state index in [0.717, 1.165) is 18.6 Å². The summed E-state index contributed by atoms with van der Waals surface area (Å²) in [5.74, 6) is 1.12. The van der Waals surface area contributed by atoms with Gasteiger partial charge in [0.1, 0.15) is 0 Å². The Hall–Kier alpha value is -0.480. The molecule has 0 spiro atoms. The fraction of sp³-hybridized carbons (Fsp3) is 0.750. The summed E-state index contributed by atoms with van der Waals surface area (Å²) in [5.41, 5.74) is 5.71. The Morgan fingerprint density at radius 3 is 3.06 bits per heavy atom. The molecule has 0 bridgehead atoms. The van der Waals surface area contributed by atoms with Gasteiger partial charge >= 0.3 is 0 Å². The van der Waals surface area contributed by atoms with E-state index in [0.29, 0.717) is 17.7 Å². The molecule has 0 saturated heterocycles. The van der Waals surface area contributed by atoms with Gasteiger partial charge < -0.3 is 11.1 Å². The summed E-state index contributed by atoms with van der Waals surface area (Å²) in [6, 6.07) is -0.109. The zero-order valence-corrected chi connectivity index (χ0v) is 10.8. The van der Waals surface area contributed by atoms with Crippen LogP contribution in [0.2, 0.25) is 0 Å². The maximum Gasteiger partial charge on any atom is 0.237 e. The predicted octanol–water partition coefficient (Wildman–Crippen LogP) is 1.68. The molecule has 0 aliphatic heterocycles. The minimum atomic E-state index is -0.435. The molecule has 92 valence electrons. The molecule has 3 N–H and O–H groups in total. The SMILES string of the molecule is C=CCC(N)C(=O)NC1CCC(SCC)C1. The Morgan fingerprint density at radius 1 is 1.69 bits per heavy atom. The molecule has 1 rings (SSSR count). The van der Waals surface area contributed by atoms with Gasteiger partial charge in [0.25, 0.3) is 0 Å². The summed E-state index contributed by atoms with van der Waals surface area (Å²) < 4.78 is 0. The fourth-order valence-corrected chi connectivity index (χ4v) is 3.20. The first kappa shape index (κ1) is 13.6. The van der Waals surface area contributed by atoms with Crippen LogP contribution in [0.5, 0.6) is 0 Å². The fourth-order valence-electron chi connectivity index (χ4n) is 2.05. The van der Waals surface area contributed by atoms with Gasteiger partial charge in [0.05, 0.1) is 6.04 Å². The first-order valence-electron chi connectivity index (χ1n) is 5.95. The lowest BCUT2D eigenvalue weighted by Gasteiger charge is -2.16. The minimum Gasteiger partial charge on any atom is -0.352 e. The van der Waals surface area contributed by atoms with Crippen LogP contribution < -0.4 is 11.1 Å². The van der Waals surface area contributed by atoms with Gasteiger partial charge in [0, 0.05) is 11.3 Å². The first-order valence-corrected chi connectivity index (χ1v) is 7.00. The number of nitrogens with two attached hydrogens (primary N) is 1. The average Bonchev–Trinajstić information content (AvgIpc) is 2.66. The summed E-state index contributed by atoms with van der Waals surface area (Å²) in [4.78, 5) is 11.7. The van der Waals surface area contributed by atoms with Gasteiger partial charge in [-0.2, -0.15) is 11.8 Å². The predicted molar refractivity (Wildman–Crippen MR) is 70.5 cm³/mol. The molecule has 3 nitrogen and oxygen atoms in total. The second kappa shape index (κ2) is 6.97. The summed E-state index contributed by atoms with van der Waals surface area (Å²) >= 11 is 1.99.